The fraction of sp³-hybridized carbons (Fsp3) is 0.312. The summed E-state index contributed by atoms with van der Waals surface area (Å²) in [6.07, 6.45) is 1.77. The molecule has 0 bridgehead atoms. The molecular weight excluding hydrogens is 316 g/mol. The predicted octanol–water partition coefficient (Wildman–Crippen LogP) is 3.75. The first-order valence-corrected chi connectivity index (χ1v) is 7.47. The van der Waals surface area contributed by atoms with Crippen LogP contribution < -0.4 is 4.90 Å². The molecule has 0 aliphatic heterocycles. The second-order valence-electron chi connectivity index (χ2n) is 5.00. The third-order valence-corrected chi connectivity index (χ3v) is 3.60. The summed E-state index contributed by atoms with van der Waals surface area (Å²) in [5, 5.41) is 9.55. The molecular formula is C16H19BrN2O. The Morgan fingerprint density at radius 2 is 1.95 bits per heavy atom. The van der Waals surface area contributed by atoms with Crippen molar-refractivity contribution >= 4 is 21.7 Å². The van der Waals surface area contributed by atoms with E-state index in [1.807, 2.05) is 24.3 Å². The van der Waals surface area contributed by atoms with Crippen LogP contribution in [-0.2, 0) is 13.2 Å². The minimum atomic E-state index is -0.0141. The molecule has 0 aliphatic rings. The minimum absolute atomic E-state index is 0.0141. The molecule has 0 atom stereocenters. The number of hydrogen-bond acceptors (Lipinski definition) is 3. The molecule has 0 saturated carbocycles. The number of anilines is 1. The second kappa shape index (κ2) is 6.86. The summed E-state index contributed by atoms with van der Waals surface area (Å²) in [6.45, 7) is 5.03. The van der Waals surface area contributed by atoms with Crippen molar-refractivity contribution in [3.05, 3.63) is 58.2 Å². The molecule has 0 amide bonds. The van der Waals surface area contributed by atoms with Crippen molar-refractivity contribution in [1.29, 1.82) is 0 Å². The fourth-order valence-electron chi connectivity index (χ4n) is 2.13. The monoisotopic (exact) mass is 334 g/mol. The van der Waals surface area contributed by atoms with Crippen molar-refractivity contribution in [3.63, 3.8) is 0 Å². The molecule has 1 N–H and O–H groups in total. The van der Waals surface area contributed by atoms with Gasteiger partial charge in [-0.3, -0.25) is 0 Å². The van der Waals surface area contributed by atoms with Crippen molar-refractivity contribution in [2.75, 3.05) is 4.90 Å². The van der Waals surface area contributed by atoms with Gasteiger partial charge in [0.15, 0.2) is 0 Å². The Bertz CT molecular complexity index is 558. The molecule has 0 spiro atoms. The summed E-state index contributed by atoms with van der Waals surface area (Å²) in [6, 6.07) is 12.5. The smallest absolute Gasteiger partial charge is 0.134 e. The molecule has 2 aromatic rings. The van der Waals surface area contributed by atoms with Crippen molar-refractivity contribution in [2.45, 2.75) is 33.0 Å². The van der Waals surface area contributed by atoms with Gasteiger partial charge in [0.1, 0.15) is 5.82 Å². The third-order valence-electron chi connectivity index (χ3n) is 3.17. The molecule has 0 fully saturated rings. The zero-order valence-corrected chi connectivity index (χ0v) is 13.3. The average Bonchev–Trinajstić information content (AvgIpc) is 2.46. The summed E-state index contributed by atoms with van der Waals surface area (Å²) in [5.74, 6) is 0.842. The van der Waals surface area contributed by atoms with Gasteiger partial charge in [0, 0.05) is 28.8 Å². The Kier molecular flexibility index (Phi) is 5.15. The van der Waals surface area contributed by atoms with Crippen LogP contribution in [0.25, 0.3) is 0 Å². The Morgan fingerprint density at radius 1 is 1.25 bits per heavy atom. The quantitative estimate of drug-likeness (QED) is 0.904. The summed E-state index contributed by atoms with van der Waals surface area (Å²) < 4.78 is 0.883. The maximum Gasteiger partial charge on any atom is 0.134 e. The van der Waals surface area contributed by atoms with E-state index in [0.29, 0.717) is 6.04 Å². The zero-order valence-electron chi connectivity index (χ0n) is 11.8. The number of halogens is 1. The van der Waals surface area contributed by atoms with Crippen LogP contribution in [0.2, 0.25) is 0 Å². The highest BCUT2D eigenvalue weighted by Gasteiger charge is 2.16. The molecule has 1 heterocycles. The summed E-state index contributed by atoms with van der Waals surface area (Å²) in [5.41, 5.74) is 2.07. The van der Waals surface area contributed by atoms with Crippen LogP contribution in [0, 0.1) is 0 Å². The third kappa shape index (κ3) is 3.58. The molecule has 1 aromatic heterocycles. The number of aliphatic hydroxyl groups excluding tert-OH is 1. The lowest BCUT2D eigenvalue weighted by Gasteiger charge is -2.29. The van der Waals surface area contributed by atoms with Crippen LogP contribution in [0.4, 0.5) is 5.82 Å². The predicted molar refractivity (Wildman–Crippen MR) is 85.6 cm³/mol. The maximum absolute atomic E-state index is 9.55. The standard InChI is InChI=1S/C16H19BrN2O/c1-12(2)19(10-13-6-4-3-5-7-13)16-14(11-20)8-15(17)9-18-16/h3-9,12,20H,10-11H2,1-2H3. The maximum atomic E-state index is 9.55. The number of nitrogens with zero attached hydrogens (tertiary/aromatic N) is 2. The van der Waals surface area contributed by atoms with Crippen LogP contribution in [0.5, 0.6) is 0 Å². The SMILES string of the molecule is CC(C)N(Cc1ccccc1)c1ncc(Br)cc1CO. The number of pyridine rings is 1. The van der Waals surface area contributed by atoms with Gasteiger partial charge in [0.25, 0.3) is 0 Å². The Balaban J connectivity index is 2.34. The molecule has 0 unspecified atom stereocenters. The van der Waals surface area contributed by atoms with E-state index in [1.54, 1.807) is 6.20 Å². The first-order chi connectivity index (χ1) is 9.61. The van der Waals surface area contributed by atoms with E-state index in [1.165, 1.54) is 5.56 Å². The molecule has 0 saturated heterocycles. The Morgan fingerprint density at radius 3 is 2.55 bits per heavy atom. The van der Waals surface area contributed by atoms with E-state index in [4.69, 9.17) is 0 Å². The van der Waals surface area contributed by atoms with Crippen LogP contribution in [-0.4, -0.2) is 16.1 Å². The molecule has 4 heteroatoms. The van der Waals surface area contributed by atoms with Crippen LogP contribution >= 0.6 is 15.9 Å². The van der Waals surface area contributed by atoms with Crippen molar-refractivity contribution in [3.8, 4) is 0 Å². The summed E-state index contributed by atoms with van der Waals surface area (Å²) in [7, 11) is 0. The van der Waals surface area contributed by atoms with Crippen LogP contribution in [0.3, 0.4) is 0 Å². The van der Waals surface area contributed by atoms with Crippen molar-refractivity contribution < 1.29 is 5.11 Å². The number of aromatic nitrogens is 1. The van der Waals surface area contributed by atoms with Crippen molar-refractivity contribution in [2.24, 2.45) is 0 Å². The Labute approximate surface area is 128 Å². The number of hydrogen-bond donors (Lipinski definition) is 1. The van der Waals surface area contributed by atoms with E-state index in [-0.39, 0.29) is 6.61 Å². The Hall–Kier alpha value is -1.39. The van der Waals surface area contributed by atoms with Gasteiger partial charge in [0.05, 0.1) is 6.61 Å². The second-order valence-corrected chi connectivity index (χ2v) is 5.92. The molecule has 0 aliphatic carbocycles. The highest BCUT2D eigenvalue weighted by molar-refractivity contribution is 9.10. The van der Waals surface area contributed by atoms with E-state index < -0.39 is 0 Å². The highest BCUT2D eigenvalue weighted by Crippen LogP contribution is 2.25. The molecule has 0 radical (unpaired) electrons. The lowest BCUT2D eigenvalue weighted by atomic mass is 10.1. The normalized spacial score (nSPS) is 10.8. The molecule has 20 heavy (non-hydrogen) atoms. The van der Waals surface area contributed by atoms with E-state index in [2.05, 4.69) is 51.8 Å². The van der Waals surface area contributed by atoms with Crippen molar-refractivity contribution in [1.82, 2.24) is 4.98 Å². The molecule has 2 rings (SSSR count). The van der Waals surface area contributed by atoms with Gasteiger partial charge in [-0.1, -0.05) is 30.3 Å². The average molecular weight is 335 g/mol. The molecule has 3 nitrogen and oxygen atoms in total. The van der Waals surface area contributed by atoms with E-state index >= 15 is 0 Å². The summed E-state index contributed by atoms with van der Waals surface area (Å²) >= 11 is 3.40. The zero-order chi connectivity index (χ0) is 14.5. The number of benzene rings is 1. The van der Waals surface area contributed by atoms with Crippen LogP contribution in [0.15, 0.2) is 47.1 Å². The number of rotatable bonds is 5. The fourth-order valence-corrected chi connectivity index (χ4v) is 2.51. The first-order valence-electron chi connectivity index (χ1n) is 6.67. The summed E-state index contributed by atoms with van der Waals surface area (Å²) in [4.78, 5) is 6.69. The van der Waals surface area contributed by atoms with Crippen LogP contribution in [0.1, 0.15) is 25.0 Å². The number of aliphatic hydroxyl groups is 1. The first kappa shape index (κ1) is 15.0. The van der Waals surface area contributed by atoms with Gasteiger partial charge < -0.3 is 10.0 Å². The van der Waals surface area contributed by atoms with E-state index in [0.717, 1.165) is 22.4 Å². The topological polar surface area (TPSA) is 36.4 Å². The minimum Gasteiger partial charge on any atom is -0.392 e. The van der Waals surface area contributed by atoms with Gasteiger partial charge in [-0.2, -0.15) is 0 Å². The van der Waals surface area contributed by atoms with Gasteiger partial charge in [-0.25, -0.2) is 4.98 Å². The molecule has 106 valence electrons. The van der Waals surface area contributed by atoms with E-state index in [9.17, 15) is 5.11 Å². The van der Waals surface area contributed by atoms with Gasteiger partial charge >= 0.3 is 0 Å². The lowest BCUT2D eigenvalue weighted by Crippen LogP contribution is -2.31. The van der Waals surface area contributed by atoms with Gasteiger partial charge in [0.2, 0.25) is 0 Å². The largest absolute Gasteiger partial charge is 0.392 e. The highest BCUT2D eigenvalue weighted by atomic mass is 79.9. The molecule has 1 aromatic carbocycles. The lowest BCUT2D eigenvalue weighted by molar-refractivity contribution is 0.281. The van der Waals surface area contributed by atoms with Gasteiger partial charge in [-0.15, -0.1) is 0 Å². The van der Waals surface area contributed by atoms with Gasteiger partial charge in [-0.05, 0) is 41.4 Å².